The Morgan fingerprint density at radius 3 is 1.55 bits per heavy atom. The largest absolute Gasteiger partial charge is 0.497 e. The summed E-state index contributed by atoms with van der Waals surface area (Å²) in [4.78, 5) is 14.9. The molecule has 10 rings (SSSR count). The van der Waals surface area contributed by atoms with Crippen LogP contribution in [0.3, 0.4) is 0 Å². The predicted octanol–water partition coefficient (Wildman–Crippen LogP) is 7.39. The van der Waals surface area contributed by atoms with Gasteiger partial charge in [0.25, 0.3) is 0 Å². The van der Waals surface area contributed by atoms with Crippen LogP contribution in [0.4, 0.5) is 0 Å². The molecule has 2 aromatic carbocycles. The van der Waals surface area contributed by atoms with Crippen LogP contribution in [0, 0.1) is 23.7 Å². The monoisotopic (exact) mass is 630 g/mol. The van der Waals surface area contributed by atoms with Crippen molar-refractivity contribution in [1.82, 2.24) is 19.8 Å². The van der Waals surface area contributed by atoms with Crippen LogP contribution in [0.2, 0.25) is 0 Å². The first kappa shape index (κ1) is 30.5. The number of nitrogens with zero attached hydrogens (tertiary/aromatic N) is 4. The van der Waals surface area contributed by atoms with Crippen molar-refractivity contribution in [2.75, 3.05) is 40.4 Å². The van der Waals surface area contributed by atoms with Crippen LogP contribution in [-0.2, 0) is 4.74 Å². The van der Waals surface area contributed by atoms with Crippen LogP contribution >= 0.6 is 0 Å². The van der Waals surface area contributed by atoms with Gasteiger partial charge in [0.15, 0.2) is 0 Å². The maximum absolute atomic E-state index is 7.84. The molecule has 0 N–H and O–H groups in total. The van der Waals surface area contributed by atoms with Gasteiger partial charge in [-0.25, -0.2) is 0 Å². The highest BCUT2D eigenvalue weighted by Gasteiger charge is 2.48. The van der Waals surface area contributed by atoms with Crippen LogP contribution in [0.1, 0.15) is 49.0 Å². The topological polar surface area (TPSA) is 60.0 Å². The van der Waals surface area contributed by atoms with Crippen LogP contribution in [0.15, 0.2) is 86.2 Å². The molecule has 7 heteroatoms. The van der Waals surface area contributed by atoms with E-state index >= 15 is 0 Å². The van der Waals surface area contributed by atoms with E-state index in [0.29, 0.717) is 23.7 Å². The van der Waals surface area contributed by atoms with E-state index in [2.05, 4.69) is 71.5 Å². The van der Waals surface area contributed by atoms with Gasteiger partial charge in [-0.1, -0.05) is 12.2 Å². The second-order valence-corrected chi connectivity index (χ2v) is 14.0. The van der Waals surface area contributed by atoms with E-state index < -0.39 is 0 Å². The average Bonchev–Trinajstić information content (AvgIpc) is 3.14. The Labute approximate surface area is 278 Å². The van der Waals surface area contributed by atoms with Crippen molar-refractivity contribution in [2.24, 2.45) is 23.7 Å². The molecule has 47 heavy (non-hydrogen) atoms. The number of hydrogen-bond donors (Lipinski definition) is 0. The molecule has 0 saturated carbocycles. The quantitative estimate of drug-likeness (QED) is 0.169. The van der Waals surface area contributed by atoms with Gasteiger partial charge in [-0.15, -0.1) is 13.2 Å². The van der Waals surface area contributed by atoms with E-state index in [4.69, 9.17) is 24.2 Å². The van der Waals surface area contributed by atoms with Gasteiger partial charge in [0.2, 0.25) is 0 Å². The van der Waals surface area contributed by atoms with Crippen molar-refractivity contribution < 1.29 is 14.2 Å². The zero-order chi connectivity index (χ0) is 32.1. The van der Waals surface area contributed by atoms with E-state index in [9.17, 15) is 0 Å². The molecule has 0 radical (unpaired) electrons. The zero-order valence-electron chi connectivity index (χ0n) is 27.6. The van der Waals surface area contributed by atoms with Gasteiger partial charge in [0.05, 0.1) is 37.5 Å². The number of rotatable bonds is 10. The Morgan fingerprint density at radius 2 is 1.17 bits per heavy atom. The number of ether oxygens (including phenoxy) is 3. The fraction of sp³-hybridized carbons (Fsp3) is 0.450. The highest BCUT2D eigenvalue weighted by atomic mass is 16.5. The Bertz CT molecular complexity index is 1660. The minimum atomic E-state index is -0.170. The van der Waals surface area contributed by atoms with E-state index in [-0.39, 0.29) is 24.3 Å². The van der Waals surface area contributed by atoms with Crippen LogP contribution in [0.5, 0.6) is 11.5 Å². The van der Waals surface area contributed by atoms with E-state index in [0.717, 1.165) is 72.3 Å². The van der Waals surface area contributed by atoms with Crippen molar-refractivity contribution in [3.63, 3.8) is 0 Å². The van der Waals surface area contributed by atoms with Crippen molar-refractivity contribution in [1.29, 1.82) is 0 Å². The molecule has 244 valence electrons. The van der Waals surface area contributed by atoms with Gasteiger partial charge >= 0.3 is 0 Å². The molecular formula is C40H46N4O3. The number of piperidine rings is 6. The summed E-state index contributed by atoms with van der Waals surface area (Å²) in [5.41, 5.74) is 4.29. The highest BCUT2D eigenvalue weighted by Crippen LogP contribution is 2.49. The van der Waals surface area contributed by atoms with Gasteiger partial charge < -0.3 is 14.2 Å². The molecule has 7 nitrogen and oxygen atoms in total. The Kier molecular flexibility index (Phi) is 8.24. The second-order valence-electron chi connectivity index (χ2n) is 14.0. The lowest BCUT2D eigenvalue weighted by Gasteiger charge is -2.54. The zero-order valence-corrected chi connectivity index (χ0v) is 27.6. The second kappa shape index (κ2) is 12.7. The number of aromatic nitrogens is 2. The third-order valence-corrected chi connectivity index (χ3v) is 11.9. The van der Waals surface area contributed by atoms with Gasteiger partial charge in [0.1, 0.15) is 11.5 Å². The lowest BCUT2D eigenvalue weighted by Crippen LogP contribution is -2.57. The molecule has 6 saturated heterocycles. The lowest BCUT2D eigenvalue weighted by atomic mass is 9.72. The van der Waals surface area contributed by atoms with Crippen LogP contribution in [-0.4, -0.2) is 72.3 Å². The van der Waals surface area contributed by atoms with Crippen molar-refractivity contribution >= 4 is 21.8 Å². The molecule has 6 aliphatic rings. The molecule has 4 bridgehead atoms. The van der Waals surface area contributed by atoms with E-state index in [1.807, 2.05) is 24.5 Å². The molecule has 8 heterocycles. The van der Waals surface area contributed by atoms with Crippen LogP contribution in [0.25, 0.3) is 21.8 Å². The summed E-state index contributed by atoms with van der Waals surface area (Å²) in [6.45, 7) is 12.7. The lowest BCUT2D eigenvalue weighted by molar-refractivity contribution is -0.140. The van der Waals surface area contributed by atoms with Gasteiger partial charge in [-0.2, -0.15) is 0 Å². The average molecular weight is 631 g/mol. The van der Waals surface area contributed by atoms with E-state index in [1.54, 1.807) is 14.2 Å². The Hall–Kier alpha value is -3.78. The molecule has 0 spiro atoms. The minimum Gasteiger partial charge on any atom is -0.497 e. The molecule has 6 fully saturated rings. The van der Waals surface area contributed by atoms with Crippen molar-refractivity contribution in [3.8, 4) is 11.5 Å². The molecule has 2 unspecified atom stereocenters. The molecule has 6 aliphatic heterocycles. The first-order chi connectivity index (χ1) is 23.1. The normalized spacial score (nSPS) is 31.0. The summed E-state index contributed by atoms with van der Waals surface area (Å²) < 4.78 is 19.3. The van der Waals surface area contributed by atoms with Gasteiger partial charge in [-0.3, -0.25) is 19.8 Å². The van der Waals surface area contributed by atoms with E-state index in [1.165, 1.54) is 24.0 Å². The number of fused-ring (bicyclic) bond motifs is 8. The fourth-order valence-electron chi connectivity index (χ4n) is 9.33. The third-order valence-electron chi connectivity index (χ3n) is 11.9. The SMILES string of the molecule is C=C[C@H]1CN2CC[C@H]1C[C@H]2[C@H](O[C@H](c1ccnc2ccc(OC)cc12)[C@@H]1C[C@@H]2CCN1C[C@@H]2C=C)c1ccnc2ccc(OC)cc12. The number of methoxy groups -OCH3 is 2. The Morgan fingerprint density at radius 1 is 0.702 bits per heavy atom. The smallest absolute Gasteiger partial charge is 0.119 e. The number of benzene rings is 2. The maximum Gasteiger partial charge on any atom is 0.119 e. The molecule has 10 atom stereocenters. The standard InChI is InChI=1S/C40H46N4O3/c1-5-25-23-43-17-13-27(25)19-37(43)39(31-11-15-41-35-9-7-29(45-3)21-33(31)35)47-40(38-20-28-14-18-44(38)24-26(28)6-2)32-12-16-42-36-10-8-30(46-4)22-34(32)36/h5-12,15-16,21-22,25-28,37-40H,1-2,13-14,17-20,23-24H2,3-4H3/t25-,26-,27-,28-,37-,38-,39+,40+/m0/s1. The fourth-order valence-corrected chi connectivity index (χ4v) is 9.33. The minimum absolute atomic E-state index is 0.170. The number of pyridine rings is 2. The Balaban J connectivity index is 1.29. The van der Waals surface area contributed by atoms with Gasteiger partial charge in [0, 0.05) is 48.3 Å². The van der Waals surface area contributed by atoms with Crippen LogP contribution < -0.4 is 9.47 Å². The summed E-state index contributed by atoms with van der Waals surface area (Å²) >= 11 is 0. The summed E-state index contributed by atoms with van der Waals surface area (Å²) in [6.07, 6.45) is 12.5. The first-order valence-electron chi connectivity index (χ1n) is 17.3. The first-order valence-corrected chi connectivity index (χ1v) is 17.3. The molecule has 4 aromatic rings. The molecule has 0 aliphatic carbocycles. The molecule has 2 aromatic heterocycles. The van der Waals surface area contributed by atoms with Crippen molar-refractivity contribution in [3.05, 3.63) is 97.4 Å². The summed E-state index contributed by atoms with van der Waals surface area (Å²) in [5, 5.41) is 2.19. The number of hydrogen-bond acceptors (Lipinski definition) is 7. The van der Waals surface area contributed by atoms with Crippen molar-refractivity contribution in [2.45, 2.75) is 50.0 Å². The highest BCUT2D eigenvalue weighted by molar-refractivity contribution is 5.85. The summed E-state index contributed by atoms with van der Waals surface area (Å²) in [7, 11) is 3.46. The molecular weight excluding hydrogens is 584 g/mol. The van der Waals surface area contributed by atoms with Gasteiger partial charge in [-0.05, 0) is 122 Å². The summed E-state index contributed by atoms with van der Waals surface area (Å²) in [5.74, 6) is 3.94. The third kappa shape index (κ3) is 5.42. The maximum atomic E-state index is 7.84. The summed E-state index contributed by atoms with van der Waals surface area (Å²) in [6, 6.07) is 17.3. The molecule has 0 amide bonds. The predicted molar refractivity (Wildman–Crippen MR) is 187 cm³/mol.